The van der Waals surface area contributed by atoms with Gasteiger partial charge in [-0.15, -0.1) is 0 Å². The first-order chi connectivity index (χ1) is 7.08. The molecule has 7 nitrogen and oxygen atoms in total. The fourth-order valence-corrected chi connectivity index (χ4v) is 1.11. The lowest BCUT2D eigenvalue weighted by atomic mass is 10.0. The number of carbonyl (C=O) groups excluding carboxylic acids is 3. The molecule has 1 rings (SSSR count). The number of rotatable bonds is 3. The smallest absolute Gasteiger partial charge is 0.157 e. The second kappa shape index (κ2) is 4.89. The van der Waals surface area contributed by atoms with Crippen molar-refractivity contribution in [2.75, 3.05) is 0 Å². The van der Waals surface area contributed by atoms with Crippen molar-refractivity contribution in [2.45, 2.75) is 0 Å². The van der Waals surface area contributed by atoms with E-state index in [9.17, 15) is 29.7 Å². The molecule has 1 aromatic rings. The molecule has 0 heterocycles. The molecule has 0 aliphatic rings. The molecule has 86 valence electrons. The quantitative estimate of drug-likeness (QED) is 0.590. The highest BCUT2D eigenvalue weighted by atomic mass is 16.3. The lowest BCUT2D eigenvalue weighted by Crippen LogP contribution is -1.96. The van der Waals surface area contributed by atoms with Gasteiger partial charge in [-0.05, 0) is 0 Å². The summed E-state index contributed by atoms with van der Waals surface area (Å²) in [7, 11) is 0. The molecule has 0 radical (unpaired) electrons. The maximum absolute atomic E-state index is 10.5. The Labute approximate surface area is 88.9 Å². The summed E-state index contributed by atoms with van der Waals surface area (Å²) in [5.74, 6) is -2.58. The van der Waals surface area contributed by atoms with Crippen molar-refractivity contribution in [1.82, 2.24) is 0 Å². The Morgan fingerprint density at radius 3 is 0.938 bits per heavy atom. The zero-order chi connectivity index (χ0) is 11.6. The number of aldehydes is 3. The van der Waals surface area contributed by atoms with Crippen LogP contribution in [-0.2, 0) is 0 Å². The number of benzene rings is 1. The van der Waals surface area contributed by atoms with Gasteiger partial charge >= 0.3 is 0 Å². The van der Waals surface area contributed by atoms with Gasteiger partial charge in [0, 0.05) is 0 Å². The van der Waals surface area contributed by atoms with E-state index in [1.54, 1.807) is 0 Å². The Balaban J connectivity index is 0.00000225. The molecule has 0 bridgehead atoms. The van der Waals surface area contributed by atoms with Gasteiger partial charge in [-0.25, -0.2) is 0 Å². The van der Waals surface area contributed by atoms with Crippen molar-refractivity contribution in [3.63, 3.8) is 0 Å². The van der Waals surface area contributed by atoms with Gasteiger partial charge < -0.3 is 20.8 Å². The predicted octanol–water partition coefficient (Wildman–Crippen LogP) is -0.584. The van der Waals surface area contributed by atoms with Crippen molar-refractivity contribution >= 4 is 18.9 Å². The highest BCUT2D eigenvalue weighted by Crippen LogP contribution is 2.38. The van der Waals surface area contributed by atoms with Crippen LogP contribution in [0, 0.1) is 0 Å². The molecule has 0 aromatic heterocycles. The molecule has 16 heavy (non-hydrogen) atoms. The summed E-state index contributed by atoms with van der Waals surface area (Å²) in [6.07, 6.45) is 0.221. The summed E-state index contributed by atoms with van der Waals surface area (Å²) >= 11 is 0. The first-order valence-corrected chi connectivity index (χ1v) is 3.74. The van der Waals surface area contributed by atoms with E-state index in [1.807, 2.05) is 0 Å². The highest BCUT2D eigenvalue weighted by Gasteiger charge is 2.22. The molecule has 0 saturated heterocycles. The van der Waals surface area contributed by atoms with Crippen LogP contribution in [0.4, 0.5) is 0 Å². The first-order valence-electron chi connectivity index (χ1n) is 3.74. The van der Waals surface area contributed by atoms with Crippen LogP contribution in [0.5, 0.6) is 17.2 Å². The molecule has 5 N–H and O–H groups in total. The fourth-order valence-electron chi connectivity index (χ4n) is 1.11. The summed E-state index contributed by atoms with van der Waals surface area (Å²) in [6, 6.07) is 0. The van der Waals surface area contributed by atoms with Crippen LogP contribution in [0.2, 0.25) is 0 Å². The minimum Gasteiger partial charge on any atom is -0.506 e. The molecule has 0 aliphatic heterocycles. The van der Waals surface area contributed by atoms with Crippen LogP contribution >= 0.6 is 0 Å². The van der Waals surface area contributed by atoms with E-state index >= 15 is 0 Å². The van der Waals surface area contributed by atoms with Gasteiger partial charge in [-0.2, -0.15) is 0 Å². The van der Waals surface area contributed by atoms with Crippen molar-refractivity contribution in [1.29, 1.82) is 0 Å². The maximum Gasteiger partial charge on any atom is 0.157 e. The molecule has 0 unspecified atom stereocenters. The van der Waals surface area contributed by atoms with Gasteiger partial charge in [0.05, 0.1) is 16.7 Å². The van der Waals surface area contributed by atoms with Gasteiger partial charge in [-0.1, -0.05) is 0 Å². The van der Waals surface area contributed by atoms with E-state index in [2.05, 4.69) is 0 Å². The molecule has 0 saturated carbocycles. The number of phenolic OH excluding ortho intramolecular Hbond substituents is 3. The van der Waals surface area contributed by atoms with Crippen molar-refractivity contribution in [2.24, 2.45) is 0 Å². The minimum atomic E-state index is -0.861. The molecule has 1 aromatic carbocycles. The summed E-state index contributed by atoms with van der Waals surface area (Å²) in [5.41, 5.74) is -1.84. The largest absolute Gasteiger partial charge is 0.506 e. The average Bonchev–Trinajstić information content (AvgIpc) is 2.19. The standard InChI is InChI=1S/C9H6O6.H2O/c10-1-4-7(13)5(2-11)9(15)6(3-12)8(4)14;/h1-3,13-15H;1H2. The third-order valence-electron chi connectivity index (χ3n) is 1.88. The van der Waals surface area contributed by atoms with Gasteiger partial charge in [-0.3, -0.25) is 14.4 Å². The second-order valence-corrected chi connectivity index (χ2v) is 2.64. The Kier molecular flexibility index (Phi) is 4.16. The van der Waals surface area contributed by atoms with Gasteiger partial charge in [0.25, 0.3) is 0 Å². The van der Waals surface area contributed by atoms with Crippen molar-refractivity contribution in [3.8, 4) is 17.2 Å². The summed E-state index contributed by atoms with van der Waals surface area (Å²) < 4.78 is 0. The Hall–Kier alpha value is -2.41. The predicted molar refractivity (Wildman–Crippen MR) is 51.2 cm³/mol. The molecule has 0 spiro atoms. The molecule has 0 aliphatic carbocycles. The normalized spacial score (nSPS) is 9.00. The molecular weight excluding hydrogens is 220 g/mol. The average molecular weight is 228 g/mol. The Morgan fingerprint density at radius 2 is 0.812 bits per heavy atom. The summed E-state index contributed by atoms with van der Waals surface area (Å²) in [5, 5.41) is 27.8. The molecular formula is C9H8O7. The molecule has 0 amide bonds. The SMILES string of the molecule is O.O=Cc1c(O)c(C=O)c(O)c(C=O)c1O. The number of phenols is 3. The molecule has 7 heteroatoms. The fraction of sp³-hybridized carbons (Fsp3) is 0. The van der Waals surface area contributed by atoms with E-state index in [4.69, 9.17) is 0 Å². The lowest BCUT2D eigenvalue weighted by Gasteiger charge is -2.08. The Bertz CT molecular complexity index is 362. The van der Waals surface area contributed by atoms with E-state index in [0.717, 1.165) is 0 Å². The first kappa shape index (κ1) is 13.6. The van der Waals surface area contributed by atoms with Crippen LogP contribution in [0.3, 0.4) is 0 Å². The van der Waals surface area contributed by atoms with Crippen molar-refractivity contribution < 1.29 is 35.2 Å². The minimum absolute atomic E-state index is 0. The Morgan fingerprint density at radius 1 is 0.625 bits per heavy atom. The summed E-state index contributed by atoms with van der Waals surface area (Å²) in [6.45, 7) is 0. The van der Waals surface area contributed by atoms with E-state index in [0.29, 0.717) is 0 Å². The summed E-state index contributed by atoms with van der Waals surface area (Å²) in [4.78, 5) is 31.4. The van der Waals surface area contributed by atoms with Crippen LogP contribution in [0.1, 0.15) is 31.1 Å². The van der Waals surface area contributed by atoms with E-state index in [1.165, 1.54) is 0 Å². The maximum atomic E-state index is 10.5. The van der Waals surface area contributed by atoms with Gasteiger partial charge in [0.2, 0.25) is 0 Å². The third kappa shape index (κ3) is 1.71. The monoisotopic (exact) mass is 228 g/mol. The van der Waals surface area contributed by atoms with E-state index < -0.39 is 33.9 Å². The lowest BCUT2D eigenvalue weighted by molar-refractivity contribution is 0.111. The third-order valence-corrected chi connectivity index (χ3v) is 1.88. The number of aromatic hydroxyl groups is 3. The molecule has 0 fully saturated rings. The van der Waals surface area contributed by atoms with E-state index in [-0.39, 0.29) is 24.3 Å². The van der Waals surface area contributed by atoms with Gasteiger partial charge in [0.15, 0.2) is 18.9 Å². The van der Waals surface area contributed by atoms with Crippen LogP contribution in [-0.4, -0.2) is 39.7 Å². The second-order valence-electron chi connectivity index (χ2n) is 2.64. The zero-order valence-electron chi connectivity index (χ0n) is 7.80. The number of hydrogen-bond acceptors (Lipinski definition) is 6. The van der Waals surface area contributed by atoms with Crippen LogP contribution < -0.4 is 0 Å². The number of hydrogen-bond donors (Lipinski definition) is 3. The van der Waals surface area contributed by atoms with Crippen molar-refractivity contribution in [3.05, 3.63) is 16.7 Å². The van der Waals surface area contributed by atoms with Crippen LogP contribution in [0.15, 0.2) is 0 Å². The highest BCUT2D eigenvalue weighted by molar-refractivity contribution is 6.00. The van der Waals surface area contributed by atoms with Gasteiger partial charge in [0.1, 0.15) is 17.2 Å². The molecule has 0 atom stereocenters. The van der Waals surface area contributed by atoms with Crippen LogP contribution in [0.25, 0.3) is 0 Å². The topological polar surface area (TPSA) is 143 Å². The zero-order valence-corrected chi connectivity index (χ0v) is 7.80. The number of carbonyl (C=O) groups is 3.